The Morgan fingerprint density at radius 1 is 0.860 bits per heavy atom. The Morgan fingerprint density at radius 2 is 1.50 bits per heavy atom. The summed E-state index contributed by atoms with van der Waals surface area (Å²) in [5.74, 6) is -0.841. The molecule has 0 aliphatic heterocycles. The molecule has 1 saturated carbocycles. The van der Waals surface area contributed by atoms with Gasteiger partial charge in [0, 0.05) is 25.6 Å². The number of amides is 4. The number of nitrogens with zero attached hydrogens (tertiary/aromatic N) is 1. The Morgan fingerprint density at radius 3 is 2.14 bits per heavy atom. The average Bonchev–Trinajstić information content (AvgIpc) is 3.63. The first kappa shape index (κ1) is 38.1. The molecule has 6 N–H and O–H groups in total. The van der Waals surface area contributed by atoms with Crippen LogP contribution in [0.3, 0.4) is 0 Å². The van der Waals surface area contributed by atoms with Gasteiger partial charge in [-0.25, -0.2) is 9.78 Å². The van der Waals surface area contributed by atoms with Crippen molar-refractivity contribution in [1.29, 1.82) is 0 Å². The fraction of sp³-hybridized carbons (Fsp3) is 0.500. The molecule has 0 spiro atoms. The number of aliphatic hydroxyl groups excluding tert-OH is 1. The van der Waals surface area contributed by atoms with Crippen LogP contribution in [-0.4, -0.2) is 69.7 Å². The molecule has 1 aromatic heterocycles. The summed E-state index contributed by atoms with van der Waals surface area (Å²) < 4.78 is 5.41. The zero-order valence-electron chi connectivity index (χ0n) is 29.1. The molecule has 1 fully saturated rings. The summed E-state index contributed by atoms with van der Waals surface area (Å²) >= 11 is 0. The highest BCUT2D eigenvalue weighted by molar-refractivity contribution is 5.91. The molecule has 50 heavy (non-hydrogen) atoms. The van der Waals surface area contributed by atoms with Crippen LogP contribution in [0.4, 0.5) is 4.79 Å². The van der Waals surface area contributed by atoms with Crippen molar-refractivity contribution in [3.8, 4) is 0 Å². The average molecular weight is 689 g/mol. The Labute approximate surface area is 294 Å². The number of aliphatic hydroxyl groups is 1. The van der Waals surface area contributed by atoms with Crippen molar-refractivity contribution in [2.45, 2.75) is 102 Å². The van der Waals surface area contributed by atoms with E-state index in [0.717, 1.165) is 43.2 Å². The summed E-state index contributed by atoms with van der Waals surface area (Å²) in [5.41, 5.74) is 2.14. The fourth-order valence-electron chi connectivity index (χ4n) is 6.16. The molecule has 0 radical (unpaired) electrons. The molecule has 0 unspecified atom stereocenters. The maximum atomic E-state index is 14.0. The molecule has 12 heteroatoms. The summed E-state index contributed by atoms with van der Waals surface area (Å²) in [7, 11) is 0. The van der Waals surface area contributed by atoms with E-state index < -0.39 is 42.1 Å². The molecule has 4 amide bonds. The minimum Gasteiger partial charge on any atom is -0.445 e. The number of alkyl carbamates (subject to hydrolysis) is 1. The van der Waals surface area contributed by atoms with Crippen molar-refractivity contribution < 1.29 is 29.0 Å². The molecule has 4 atom stereocenters. The summed E-state index contributed by atoms with van der Waals surface area (Å²) in [6.45, 7) is 4.49. The van der Waals surface area contributed by atoms with Crippen LogP contribution >= 0.6 is 0 Å². The van der Waals surface area contributed by atoms with Crippen molar-refractivity contribution >= 4 is 23.8 Å². The number of aromatic amines is 1. The Balaban J connectivity index is 1.50. The predicted molar refractivity (Wildman–Crippen MR) is 190 cm³/mol. The predicted octanol–water partition coefficient (Wildman–Crippen LogP) is 3.95. The lowest BCUT2D eigenvalue weighted by molar-refractivity contribution is -0.131. The Hall–Kier alpha value is -4.71. The van der Waals surface area contributed by atoms with Crippen LogP contribution in [-0.2, 0) is 38.6 Å². The smallest absolute Gasteiger partial charge is 0.408 e. The quantitative estimate of drug-likeness (QED) is 0.117. The molecular weight excluding hydrogens is 636 g/mol. The molecule has 270 valence electrons. The Kier molecular flexibility index (Phi) is 15.3. The highest BCUT2D eigenvalue weighted by Crippen LogP contribution is 2.28. The molecule has 4 rings (SSSR count). The lowest BCUT2D eigenvalue weighted by atomic mass is 9.83. The van der Waals surface area contributed by atoms with Crippen LogP contribution in [0.15, 0.2) is 73.2 Å². The van der Waals surface area contributed by atoms with Gasteiger partial charge in [0.2, 0.25) is 17.7 Å². The van der Waals surface area contributed by atoms with Crippen LogP contribution in [0.2, 0.25) is 0 Å². The fourth-order valence-corrected chi connectivity index (χ4v) is 6.16. The summed E-state index contributed by atoms with van der Waals surface area (Å²) in [6, 6.07) is 15.6. The molecule has 0 saturated heterocycles. The van der Waals surface area contributed by atoms with Gasteiger partial charge in [-0.05, 0) is 29.4 Å². The second kappa shape index (κ2) is 20.1. The van der Waals surface area contributed by atoms with Crippen molar-refractivity contribution in [3.63, 3.8) is 0 Å². The monoisotopic (exact) mass is 688 g/mol. The lowest BCUT2D eigenvalue weighted by Crippen LogP contribution is -2.57. The van der Waals surface area contributed by atoms with E-state index in [4.69, 9.17) is 4.74 Å². The zero-order chi connectivity index (χ0) is 35.7. The number of hydrogen-bond acceptors (Lipinski definition) is 7. The van der Waals surface area contributed by atoms with E-state index in [1.165, 1.54) is 6.33 Å². The summed E-state index contributed by atoms with van der Waals surface area (Å²) in [5, 5.41) is 22.6. The summed E-state index contributed by atoms with van der Waals surface area (Å²) in [4.78, 5) is 60.7. The van der Waals surface area contributed by atoms with Crippen LogP contribution < -0.4 is 21.3 Å². The maximum Gasteiger partial charge on any atom is 0.408 e. The van der Waals surface area contributed by atoms with Gasteiger partial charge in [0.1, 0.15) is 18.7 Å². The molecule has 1 heterocycles. The standard InChI is InChI=1S/C38H52N6O6/c1-26(2)22-40-35(46)21-34(45)31(18-27-12-6-3-7-13-27)42-37(48)33(20-30-23-39-25-41-30)43-36(47)32(19-28-14-8-4-9-15-28)44-38(49)50-24-29-16-10-5-11-17-29/h4-5,8-11,14-17,23,25-27,31-34,45H,3,6-7,12-13,18-22,24H2,1-2H3,(H,39,41)(H,40,46)(H,42,48)(H,43,47)(H,44,49)/t31-,32-,33-,34-/m0/s1. The second-order valence-electron chi connectivity index (χ2n) is 13.6. The van der Waals surface area contributed by atoms with Crippen LogP contribution in [0, 0.1) is 11.8 Å². The van der Waals surface area contributed by atoms with Gasteiger partial charge < -0.3 is 36.1 Å². The minimum atomic E-state index is -1.12. The van der Waals surface area contributed by atoms with Gasteiger partial charge >= 0.3 is 6.09 Å². The first-order chi connectivity index (χ1) is 24.2. The SMILES string of the molecule is CC(C)CNC(=O)C[C@H](O)[C@H](CC1CCCCC1)NC(=O)[C@H](Cc1c[nH]cn1)NC(=O)[C@H](Cc1ccccc1)NC(=O)OCc1ccccc1. The molecule has 1 aliphatic rings. The number of hydrogen-bond donors (Lipinski definition) is 6. The molecule has 1 aliphatic carbocycles. The molecular formula is C38H52N6O6. The van der Waals surface area contributed by atoms with E-state index in [0.29, 0.717) is 24.6 Å². The number of benzene rings is 2. The number of aromatic nitrogens is 2. The number of ether oxygens (including phenoxy) is 1. The third-order valence-corrected chi connectivity index (χ3v) is 8.91. The van der Waals surface area contributed by atoms with Crippen molar-refractivity contribution in [2.75, 3.05) is 6.54 Å². The minimum absolute atomic E-state index is 0.0245. The normalized spacial score (nSPS) is 15.7. The molecule has 3 aromatic rings. The topological polar surface area (TPSA) is 175 Å². The van der Waals surface area contributed by atoms with Gasteiger partial charge in [-0.15, -0.1) is 0 Å². The van der Waals surface area contributed by atoms with E-state index in [-0.39, 0.29) is 37.7 Å². The van der Waals surface area contributed by atoms with E-state index in [9.17, 15) is 24.3 Å². The van der Waals surface area contributed by atoms with Gasteiger partial charge in [0.15, 0.2) is 0 Å². The molecule has 0 bridgehead atoms. The first-order valence-corrected chi connectivity index (χ1v) is 17.7. The van der Waals surface area contributed by atoms with Gasteiger partial charge in [-0.1, -0.05) is 107 Å². The van der Waals surface area contributed by atoms with Gasteiger partial charge in [0.05, 0.1) is 30.6 Å². The Bertz CT molecular complexity index is 1460. The van der Waals surface area contributed by atoms with Crippen LogP contribution in [0.25, 0.3) is 0 Å². The van der Waals surface area contributed by atoms with E-state index >= 15 is 0 Å². The highest BCUT2D eigenvalue weighted by Gasteiger charge is 2.33. The first-order valence-electron chi connectivity index (χ1n) is 17.7. The number of carbonyl (C=O) groups is 4. The van der Waals surface area contributed by atoms with Gasteiger partial charge in [0.25, 0.3) is 0 Å². The third kappa shape index (κ3) is 13.3. The molecule has 2 aromatic carbocycles. The van der Waals surface area contributed by atoms with Crippen LogP contribution in [0.5, 0.6) is 0 Å². The van der Waals surface area contributed by atoms with Crippen LogP contribution in [0.1, 0.15) is 75.6 Å². The highest BCUT2D eigenvalue weighted by atomic mass is 16.5. The van der Waals surface area contributed by atoms with E-state index in [2.05, 4.69) is 31.2 Å². The number of H-pyrrole nitrogens is 1. The third-order valence-electron chi connectivity index (χ3n) is 8.91. The number of imidazole rings is 1. The second-order valence-corrected chi connectivity index (χ2v) is 13.6. The number of carbonyl (C=O) groups excluding carboxylic acids is 4. The lowest BCUT2D eigenvalue weighted by Gasteiger charge is -2.31. The number of nitrogens with one attached hydrogen (secondary N) is 5. The van der Waals surface area contributed by atoms with Gasteiger partial charge in [-0.3, -0.25) is 14.4 Å². The van der Waals surface area contributed by atoms with Crippen molar-refractivity contribution in [2.24, 2.45) is 11.8 Å². The maximum absolute atomic E-state index is 14.0. The molecule has 12 nitrogen and oxygen atoms in total. The van der Waals surface area contributed by atoms with Gasteiger partial charge in [-0.2, -0.15) is 0 Å². The largest absolute Gasteiger partial charge is 0.445 e. The van der Waals surface area contributed by atoms with E-state index in [1.54, 1.807) is 6.20 Å². The van der Waals surface area contributed by atoms with E-state index in [1.807, 2.05) is 74.5 Å². The van der Waals surface area contributed by atoms with Crippen molar-refractivity contribution in [1.82, 2.24) is 31.2 Å². The van der Waals surface area contributed by atoms with Crippen molar-refractivity contribution in [3.05, 3.63) is 90.0 Å². The number of rotatable bonds is 18. The summed E-state index contributed by atoms with van der Waals surface area (Å²) in [6.07, 6.45) is 7.08. The zero-order valence-corrected chi connectivity index (χ0v) is 29.1.